The van der Waals surface area contributed by atoms with Gasteiger partial charge in [-0.25, -0.2) is 0 Å². The number of nitrogens with one attached hydrogen (secondary N) is 1. The maximum atomic E-state index is 12.3. The summed E-state index contributed by atoms with van der Waals surface area (Å²) in [5.74, 6) is 5.05. The molecule has 5 heteroatoms. The molecule has 1 aromatic rings. The largest absolute Gasteiger partial charge is 0.353 e. The number of aromatic nitrogens is 2. The van der Waals surface area contributed by atoms with Crippen molar-refractivity contribution in [1.29, 1.82) is 0 Å². The monoisotopic (exact) mass is 317 g/mol. The summed E-state index contributed by atoms with van der Waals surface area (Å²) in [6, 6.07) is 0.421. The summed E-state index contributed by atoms with van der Waals surface area (Å²) in [7, 11) is 0. The van der Waals surface area contributed by atoms with Gasteiger partial charge in [0.15, 0.2) is 5.82 Å². The van der Waals surface area contributed by atoms with Gasteiger partial charge in [0, 0.05) is 24.8 Å². The van der Waals surface area contributed by atoms with E-state index in [0.29, 0.717) is 24.8 Å². The van der Waals surface area contributed by atoms with E-state index >= 15 is 0 Å². The van der Waals surface area contributed by atoms with Crippen LogP contribution in [0.1, 0.15) is 70.0 Å². The van der Waals surface area contributed by atoms with Crippen LogP contribution in [0.4, 0.5) is 0 Å². The Balaban J connectivity index is 1.30. The van der Waals surface area contributed by atoms with E-state index in [9.17, 15) is 4.79 Å². The van der Waals surface area contributed by atoms with Gasteiger partial charge in [0.1, 0.15) is 0 Å². The van der Waals surface area contributed by atoms with Crippen molar-refractivity contribution in [1.82, 2.24) is 15.5 Å². The van der Waals surface area contributed by atoms with Crippen LogP contribution in [0, 0.1) is 23.7 Å². The minimum Gasteiger partial charge on any atom is -0.353 e. The average Bonchev–Trinajstić information content (AvgIpc) is 2.97. The molecule has 126 valence electrons. The molecule has 0 saturated heterocycles. The second-order valence-corrected chi connectivity index (χ2v) is 8.23. The third kappa shape index (κ3) is 3.02. The van der Waals surface area contributed by atoms with E-state index in [0.717, 1.165) is 29.5 Å². The molecule has 4 aliphatic rings. The maximum Gasteiger partial charge on any atom is 0.227 e. The molecule has 0 aromatic carbocycles. The zero-order valence-electron chi connectivity index (χ0n) is 14.1. The number of carbonyl (C=O) groups excluding carboxylic acids is 1. The third-order valence-electron chi connectivity index (χ3n) is 6.12. The van der Waals surface area contributed by atoms with Crippen LogP contribution in [0.5, 0.6) is 0 Å². The van der Waals surface area contributed by atoms with Crippen LogP contribution in [-0.4, -0.2) is 22.1 Å². The molecule has 4 bridgehead atoms. The van der Waals surface area contributed by atoms with Crippen LogP contribution >= 0.6 is 0 Å². The van der Waals surface area contributed by atoms with Gasteiger partial charge in [-0.3, -0.25) is 4.79 Å². The highest BCUT2D eigenvalue weighted by molar-refractivity contribution is 5.76. The lowest BCUT2D eigenvalue weighted by Gasteiger charge is -2.54. The minimum absolute atomic E-state index is 0.145. The Hall–Kier alpha value is -1.39. The Morgan fingerprint density at radius 3 is 2.39 bits per heavy atom. The van der Waals surface area contributed by atoms with Gasteiger partial charge in [0.25, 0.3) is 0 Å². The highest BCUT2D eigenvalue weighted by Gasteiger charge is 2.48. The second kappa shape index (κ2) is 5.91. The maximum absolute atomic E-state index is 12.3. The smallest absolute Gasteiger partial charge is 0.227 e. The molecule has 23 heavy (non-hydrogen) atoms. The molecule has 1 heterocycles. The SMILES string of the molecule is CC(C)c1noc(CCC(=O)NC2C3CC4CC(C3)CC2C4)n1. The van der Waals surface area contributed by atoms with Gasteiger partial charge in [-0.2, -0.15) is 4.98 Å². The molecule has 4 aliphatic carbocycles. The third-order valence-corrected chi connectivity index (χ3v) is 6.12. The summed E-state index contributed by atoms with van der Waals surface area (Å²) in [6.07, 6.45) is 7.77. The lowest BCUT2D eigenvalue weighted by Crippen LogP contribution is -2.55. The number of hydrogen-bond donors (Lipinski definition) is 1. The van der Waals surface area contributed by atoms with Crippen LogP contribution in [0.25, 0.3) is 0 Å². The van der Waals surface area contributed by atoms with Crippen LogP contribution in [0.3, 0.4) is 0 Å². The second-order valence-electron chi connectivity index (χ2n) is 8.23. The van der Waals surface area contributed by atoms with Gasteiger partial charge in [-0.1, -0.05) is 19.0 Å². The highest BCUT2D eigenvalue weighted by atomic mass is 16.5. The molecule has 5 nitrogen and oxygen atoms in total. The number of carbonyl (C=O) groups is 1. The van der Waals surface area contributed by atoms with Gasteiger partial charge in [0.2, 0.25) is 11.8 Å². The summed E-state index contributed by atoms with van der Waals surface area (Å²) >= 11 is 0. The first-order valence-electron chi connectivity index (χ1n) is 9.20. The van der Waals surface area contributed by atoms with Crippen molar-refractivity contribution in [3.05, 3.63) is 11.7 Å². The summed E-state index contributed by atoms with van der Waals surface area (Å²) in [4.78, 5) is 16.7. The van der Waals surface area contributed by atoms with E-state index in [1.165, 1.54) is 32.1 Å². The van der Waals surface area contributed by atoms with Crippen molar-refractivity contribution in [2.24, 2.45) is 23.7 Å². The van der Waals surface area contributed by atoms with Crippen molar-refractivity contribution >= 4 is 5.91 Å². The van der Waals surface area contributed by atoms with E-state index in [1.54, 1.807) is 0 Å². The summed E-state index contributed by atoms with van der Waals surface area (Å²) in [6.45, 7) is 4.07. The minimum atomic E-state index is 0.145. The van der Waals surface area contributed by atoms with E-state index in [2.05, 4.69) is 15.5 Å². The van der Waals surface area contributed by atoms with Crippen molar-refractivity contribution in [2.75, 3.05) is 0 Å². The van der Waals surface area contributed by atoms with Gasteiger partial charge in [-0.15, -0.1) is 0 Å². The van der Waals surface area contributed by atoms with Gasteiger partial charge >= 0.3 is 0 Å². The predicted molar refractivity (Wildman–Crippen MR) is 85.7 cm³/mol. The average molecular weight is 317 g/mol. The molecule has 4 fully saturated rings. The summed E-state index contributed by atoms with van der Waals surface area (Å²) < 4.78 is 5.22. The molecule has 1 aromatic heterocycles. The molecule has 0 radical (unpaired) electrons. The number of rotatable bonds is 5. The first-order chi connectivity index (χ1) is 11.1. The number of aryl methyl sites for hydroxylation is 1. The van der Waals surface area contributed by atoms with Crippen LogP contribution in [0.15, 0.2) is 4.52 Å². The molecule has 4 saturated carbocycles. The molecule has 5 rings (SSSR count). The van der Waals surface area contributed by atoms with Crippen molar-refractivity contribution < 1.29 is 9.32 Å². The molecule has 1 amide bonds. The highest BCUT2D eigenvalue weighted by Crippen LogP contribution is 2.53. The van der Waals surface area contributed by atoms with Gasteiger partial charge in [0.05, 0.1) is 0 Å². The van der Waals surface area contributed by atoms with Crippen molar-refractivity contribution in [3.8, 4) is 0 Å². The molecule has 0 unspecified atom stereocenters. The Morgan fingerprint density at radius 1 is 1.17 bits per heavy atom. The lowest BCUT2D eigenvalue weighted by molar-refractivity contribution is -0.125. The zero-order valence-corrected chi connectivity index (χ0v) is 14.1. The van der Waals surface area contributed by atoms with Gasteiger partial charge < -0.3 is 9.84 Å². The summed E-state index contributed by atoms with van der Waals surface area (Å²) in [5, 5.41) is 7.28. The predicted octanol–water partition coefficient (Wildman–Crippen LogP) is 3.07. The van der Waals surface area contributed by atoms with Crippen LogP contribution in [-0.2, 0) is 11.2 Å². The van der Waals surface area contributed by atoms with Crippen molar-refractivity contribution in [3.63, 3.8) is 0 Å². The molecular formula is C18H27N3O2. The fourth-order valence-corrected chi connectivity index (χ4v) is 5.24. The molecule has 1 N–H and O–H groups in total. The van der Waals surface area contributed by atoms with Crippen LogP contribution < -0.4 is 5.32 Å². The Morgan fingerprint density at radius 2 is 1.83 bits per heavy atom. The fraction of sp³-hybridized carbons (Fsp3) is 0.833. The van der Waals surface area contributed by atoms with E-state index in [4.69, 9.17) is 4.52 Å². The first kappa shape index (κ1) is 15.2. The van der Waals surface area contributed by atoms with E-state index in [-0.39, 0.29) is 11.8 Å². The first-order valence-corrected chi connectivity index (χ1v) is 9.20. The number of nitrogens with zero attached hydrogens (tertiary/aromatic N) is 2. The normalized spacial score (nSPS) is 35.0. The lowest BCUT2D eigenvalue weighted by atomic mass is 9.54. The fourth-order valence-electron chi connectivity index (χ4n) is 5.24. The zero-order chi connectivity index (χ0) is 16.0. The quantitative estimate of drug-likeness (QED) is 0.906. The Bertz CT molecular complexity index is 553. The number of amides is 1. The van der Waals surface area contributed by atoms with Crippen LogP contribution in [0.2, 0.25) is 0 Å². The van der Waals surface area contributed by atoms with E-state index in [1.807, 2.05) is 13.8 Å². The Labute approximate surface area is 137 Å². The molecule has 0 atom stereocenters. The molecular weight excluding hydrogens is 290 g/mol. The van der Waals surface area contributed by atoms with E-state index < -0.39 is 0 Å². The standard InChI is InChI=1S/C18H27N3O2/c1-10(2)18-20-16(23-21-18)4-3-15(22)19-17-13-6-11-5-12(8-13)9-14(17)7-11/h10-14,17H,3-9H2,1-2H3,(H,19,22). The molecule has 0 spiro atoms. The Kier molecular flexibility index (Phi) is 3.90. The summed E-state index contributed by atoms with van der Waals surface area (Å²) in [5.41, 5.74) is 0. The van der Waals surface area contributed by atoms with Crippen molar-refractivity contribution in [2.45, 2.75) is 70.8 Å². The number of hydrogen-bond acceptors (Lipinski definition) is 4. The topological polar surface area (TPSA) is 68.0 Å². The van der Waals surface area contributed by atoms with Gasteiger partial charge in [-0.05, 0) is 55.8 Å². The molecule has 0 aliphatic heterocycles.